The van der Waals surface area contributed by atoms with Gasteiger partial charge in [-0.15, -0.1) is 0 Å². The molecule has 0 fully saturated rings. The first-order chi connectivity index (χ1) is 15.1. The van der Waals surface area contributed by atoms with Gasteiger partial charge in [-0.1, -0.05) is 62.4 Å². The highest BCUT2D eigenvalue weighted by Crippen LogP contribution is 2.45. The van der Waals surface area contributed by atoms with Crippen LogP contribution in [0, 0.1) is 5.92 Å². The first kappa shape index (κ1) is 20.8. The largest absolute Gasteiger partial charge is 0.363 e. The zero-order chi connectivity index (χ0) is 21.8. The zero-order valence-electron chi connectivity index (χ0n) is 17.9. The molecule has 2 atom stereocenters. The second-order valence-electron chi connectivity index (χ2n) is 8.34. The van der Waals surface area contributed by atoms with Crippen LogP contribution < -0.4 is 10.2 Å². The van der Waals surface area contributed by atoms with Crippen molar-refractivity contribution in [2.24, 2.45) is 5.92 Å². The van der Waals surface area contributed by atoms with Crippen LogP contribution in [-0.2, 0) is 17.9 Å². The summed E-state index contributed by atoms with van der Waals surface area (Å²) in [5, 5.41) is 3.10. The molecule has 0 spiro atoms. The molecule has 0 saturated heterocycles. The van der Waals surface area contributed by atoms with E-state index in [1.807, 2.05) is 42.5 Å². The topological polar surface area (TPSA) is 62.3 Å². The van der Waals surface area contributed by atoms with E-state index in [1.54, 1.807) is 18.5 Å². The van der Waals surface area contributed by atoms with Gasteiger partial charge in [0.05, 0.1) is 5.92 Å². The van der Waals surface area contributed by atoms with E-state index in [0.29, 0.717) is 18.7 Å². The minimum atomic E-state index is -0.309. The SMILES string of the molecule is CC(C)C1C(C(=O)NCc2cccnc2)c2ccc(C=O)cc2N1Cc1ccccc1. The van der Waals surface area contributed by atoms with E-state index in [9.17, 15) is 9.59 Å². The smallest absolute Gasteiger partial charge is 0.229 e. The second-order valence-corrected chi connectivity index (χ2v) is 8.34. The molecule has 1 aliphatic rings. The number of fused-ring (bicyclic) bond motifs is 1. The van der Waals surface area contributed by atoms with Gasteiger partial charge in [-0.3, -0.25) is 14.6 Å². The summed E-state index contributed by atoms with van der Waals surface area (Å²) in [5.74, 6) is -0.0701. The molecular weight excluding hydrogens is 386 g/mol. The Bertz CT molecular complexity index is 1050. The molecule has 4 rings (SSSR count). The van der Waals surface area contributed by atoms with Gasteiger partial charge in [-0.05, 0) is 34.7 Å². The van der Waals surface area contributed by atoms with Gasteiger partial charge < -0.3 is 10.2 Å². The van der Waals surface area contributed by atoms with Crippen LogP contribution in [0.5, 0.6) is 0 Å². The van der Waals surface area contributed by atoms with Crippen molar-refractivity contribution in [1.29, 1.82) is 0 Å². The molecule has 2 unspecified atom stereocenters. The maximum absolute atomic E-state index is 13.4. The molecule has 31 heavy (non-hydrogen) atoms. The Balaban J connectivity index is 1.68. The van der Waals surface area contributed by atoms with Crippen molar-refractivity contribution in [1.82, 2.24) is 10.3 Å². The van der Waals surface area contributed by atoms with Gasteiger partial charge >= 0.3 is 0 Å². The average molecular weight is 414 g/mol. The first-order valence-electron chi connectivity index (χ1n) is 10.6. The predicted octanol–water partition coefficient (Wildman–Crippen LogP) is 4.34. The van der Waals surface area contributed by atoms with E-state index >= 15 is 0 Å². The molecule has 2 aromatic carbocycles. The Kier molecular flexibility index (Phi) is 6.12. The van der Waals surface area contributed by atoms with Crippen molar-refractivity contribution in [3.8, 4) is 0 Å². The van der Waals surface area contributed by atoms with Gasteiger partial charge in [0, 0.05) is 42.8 Å². The lowest BCUT2D eigenvalue weighted by molar-refractivity contribution is -0.123. The molecule has 0 aliphatic carbocycles. The Morgan fingerprint density at radius 3 is 2.55 bits per heavy atom. The molecule has 5 nitrogen and oxygen atoms in total. The van der Waals surface area contributed by atoms with Crippen molar-refractivity contribution in [2.45, 2.75) is 38.9 Å². The van der Waals surface area contributed by atoms with E-state index < -0.39 is 0 Å². The highest BCUT2D eigenvalue weighted by Gasteiger charge is 2.44. The van der Waals surface area contributed by atoms with Crippen LogP contribution in [0.4, 0.5) is 5.69 Å². The molecule has 5 heteroatoms. The van der Waals surface area contributed by atoms with Crippen LogP contribution in [-0.4, -0.2) is 23.2 Å². The van der Waals surface area contributed by atoms with Gasteiger partial charge in [0.1, 0.15) is 6.29 Å². The molecule has 3 aromatic rings. The number of benzene rings is 2. The van der Waals surface area contributed by atoms with Crippen molar-refractivity contribution in [3.05, 3.63) is 95.3 Å². The summed E-state index contributed by atoms with van der Waals surface area (Å²) in [5.41, 5.74) is 4.70. The van der Waals surface area contributed by atoms with Gasteiger partial charge in [0.15, 0.2) is 0 Å². The lowest BCUT2D eigenvalue weighted by Gasteiger charge is -2.33. The molecule has 0 bridgehead atoms. The van der Waals surface area contributed by atoms with Gasteiger partial charge in [-0.25, -0.2) is 0 Å². The summed E-state index contributed by atoms with van der Waals surface area (Å²) in [6.45, 7) is 5.42. The highest BCUT2D eigenvalue weighted by molar-refractivity contribution is 5.91. The van der Waals surface area contributed by atoms with Crippen molar-refractivity contribution in [2.75, 3.05) is 4.90 Å². The van der Waals surface area contributed by atoms with E-state index in [-0.39, 0.29) is 23.8 Å². The number of aromatic nitrogens is 1. The summed E-state index contributed by atoms with van der Waals surface area (Å²) in [4.78, 5) is 31.3. The number of carbonyl (C=O) groups excluding carboxylic acids is 2. The Morgan fingerprint density at radius 1 is 1.10 bits per heavy atom. The second kappa shape index (κ2) is 9.13. The van der Waals surface area contributed by atoms with Crippen LogP contribution in [0.25, 0.3) is 0 Å². The lowest BCUT2D eigenvalue weighted by Crippen LogP contribution is -2.43. The summed E-state index contributed by atoms with van der Waals surface area (Å²) < 4.78 is 0. The first-order valence-corrected chi connectivity index (χ1v) is 10.6. The number of pyridine rings is 1. The van der Waals surface area contributed by atoms with Crippen LogP contribution >= 0.6 is 0 Å². The molecule has 0 radical (unpaired) electrons. The van der Waals surface area contributed by atoms with Gasteiger partial charge in [0.2, 0.25) is 5.91 Å². The van der Waals surface area contributed by atoms with Crippen LogP contribution in [0.2, 0.25) is 0 Å². The Labute approximate surface area is 183 Å². The molecule has 1 aliphatic heterocycles. The minimum absolute atomic E-state index is 0.00165. The Hall–Kier alpha value is -3.47. The van der Waals surface area contributed by atoms with Crippen molar-refractivity contribution in [3.63, 3.8) is 0 Å². The number of nitrogens with zero attached hydrogens (tertiary/aromatic N) is 2. The number of hydrogen-bond acceptors (Lipinski definition) is 4. The number of amides is 1. The van der Waals surface area contributed by atoms with Crippen LogP contribution in [0.1, 0.15) is 46.8 Å². The number of hydrogen-bond donors (Lipinski definition) is 1. The molecule has 1 N–H and O–H groups in total. The minimum Gasteiger partial charge on any atom is -0.363 e. The molecule has 0 saturated carbocycles. The average Bonchev–Trinajstić information content (AvgIpc) is 3.12. The third-order valence-corrected chi connectivity index (χ3v) is 5.89. The Morgan fingerprint density at radius 2 is 1.87 bits per heavy atom. The monoisotopic (exact) mass is 413 g/mol. The van der Waals surface area contributed by atoms with Gasteiger partial charge in [0.25, 0.3) is 0 Å². The summed E-state index contributed by atoms with van der Waals surface area (Å²) in [7, 11) is 0. The van der Waals surface area contributed by atoms with E-state index in [2.05, 4.69) is 41.2 Å². The lowest BCUT2D eigenvalue weighted by atomic mass is 9.87. The summed E-state index contributed by atoms with van der Waals surface area (Å²) in [6.07, 6.45) is 4.35. The maximum Gasteiger partial charge on any atom is 0.229 e. The molecule has 1 amide bonds. The van der Waals surface area contributed by atoms with Crippen LogP contribution in [0.15, 0.2) is 73.1 Å². The summed E-state index contributed by atoms with van der Waals surface area (Å²) >= 11 is 0. The van der Waals surface area contributed by atoms with Crippen LogP contribution in [0.3, 0.4) is 0 Å². The fourth-order valence-electron chi connectivity index (χ4n) is 4.48. The molecular formula is C26H27N3O2. The fourth-order valence-corrected chi connectivity index (χ4v) is 4.48. The summed E-state index contributed by atoms with van der Waals surface area (Å²) in [6, 6.07) is 19.7. The van der Waals surface area contributed by atoms with Gasteiger partial charge in [-0.2, -0.15) is 0 Å². The maximum atomic E-state index is 13.4. The number of anilines is 1. The highest BCUT2D eigenvalue weighted by atomic mass is 16.2. The van der Waals surface area contributed by atoms with E-state index in [4.69, 9.17) is 0 Å². The third-order valence-electron chi connectivity index (χ3n) is 5.89. The zero-order valence-corrected chi connectivity index (χ0v) is 17.9. The predicted molar refractivity (Wildman–Crippen MR) is 122 cm³/mol. The number of aldehydes is 1. The fraction of sp³-hybridized carbons (Fsp3) is 0.269. The standard InChI is InChI=1S/C26H27N3O2/c1-18(2)25-24(26(31)28-15-21-9-6-12-27-14-21)22-11-10-20(17-30)13-23(22)29(25)16-19-7-4-3-5-8-19/h3-14,17-18,24-25H,15-16H2,1-2H3,(H,28,31). The number of nitrogens with one attached hydrogen (secondary N) is 1. The van der Waals surface area contributed by atoms with E-state index in [1.165, 1.54) is 5.56 Å². The van der Waals surface area contributed by atoms with Crippen molar-refractivity contribution >= 4 is 17.9 Å². The van der Waals surface area contributed by atoms with Crippen molar-refractivity contribution < 1.29 is 9.59 Å². The quantitative estimate of drug-likeness (QED) is 0.586. The third kappa shape index (κ3) is 4.36. The molecule has 1 aromatic heterocycles. The molecule has 158 valence electrons. The van der Waals surface area contributed by atoms with E-state index in [0.717, 1.165) is 23.1 Å². The molecule has 2 heterocycles. The normalized spacial score (nSPS) is 17.5. The number of carbonyl (C=O) groups is 2. The number of rotatable bonds is 7.